The zero-order chi connectivity index (χ0) is 21.0. The van der Waals surface area contributed by atoms with Crippen LogP contribution in [0.2, 0.25) is 5.02 Å². The van der Waals surface area contributed by atoms with Gasteiger partial charge < -0.3 is 4.74 Å². The van der Waals surface area contributed by atoms with Crippen molar-refractivity contribution < 1.29 is 18.1 Å². The van der Waals surface area contributed by atoms with E-state index >= 15 is 0 Å². The summed E-state index contributed by atoms with van der Waals surface area (Å²) >= 11 is 6.13. The Morgan fingerprint density at radius 1 is 1.24 bits per heavy atom. The fourth-order valence-corrected chi connectivity index (χ4v) is 4.54. The Morgan fingerprint density at radius 3 is 2.62 bits per heavy atom. The van der Waals surface area contributed by atoms with E-state index in [0.29, 0.717) is 36.9 Å². The highest BCUT2D eigenvalue weighted by molar-refractivity contribution is 7.89. The van der Waals surface area contributed by atoms with Gasteiger partial charge in [-0.3, -0.25) is 15.0 Å². The quantitative estimate of drug-likeness (QED) is 0.525. The number of sulfonamides is 1. The first kappa shape index (κ1) is 21.7. The average Bonchev–Trinajstić information content (AvgIpc) is 2.69. The third-order valence-corrected chi connectivity index (χ3v) is 6.53. The van der Waals surface area contributed by atoms with Gasteiger partial charge in [0.1, 0.15) is 0 Å². The zero-order valence-electron chi connectivity index (χ0n) is 15.9. The molecule has 1 heterocycles. The topological polar surface area (TPSA) is 102 Å². The predicted molar refractivity (Wildman–Crippen MR) is 110 cm³/mol. The molecule has 156 valence electrons. The van der Waals surface area contributed by atoms with E-state index in [1.807, 2.05) is 18.2 Å². The molecule has 0 saturated carbocycles. The highest BCUT2D eigenvalue weighted by Gasteiger charge is 2.26. The highest BCUT2D eigenvalue weighted by Crippen LogP contribution is 2.26. The van der Waals surface area contributed by atoms with Gasteiger partial charge in [-0.25, -0.2) is 13.1 Å². The SMILES string of the molecule is Cc1ccc(S(=O)(=O)NCC(c2cccc(Cl)c2)N2CCOCC2)cc1[N+](=O)[O-]. The number of nitro benzene ring substituents is 1. The Hall–Kier alpha value is -2.04. The van der Waals surface area contributed by atoms with Gasteiger partial charge in [-0.2, -0.15) is 0 Å². The van der Waals surface area contributed by atoms with Gasteiger partial charge in [-0.1, -0.05) is 29.8 Å². The maximum absolute atomic E-state index is 12.8. The van der Waals surface area contributed by atoms with Crippen LogP contribution in [-0.2, 0) is 14.8 Å². The van der Waals surface area contributed by atoms with Crippen molar-refractivity contribution >= 4 is 27.3 Å². The maximum Gasteiger partial charge on any atom is 0.273 e. The minimum absolute atomic E-state index is 0.102. The second kappa shape index (κ2) is 9.19. The molecule has 1 fully saturated rings. The van der Waals surface area contributed by atoms with Gasteiger partial charge in [-0.15, -0.1) is 0 Å². The van der Waals surface area contributed by atoms with Crippen LogP contribution in [0.1, 0.15) is 17.2 Å². The number of hydrogen-bond acceptors (Lipinski definition) is 6. The molecule has 1 atom stereocenters. The summed E-state index contributed by atoms with van der Waals surface area (Å²) in [5, 5.41) is 11.7. The largest absolute Gasteiger partial charge is 0.379 e. The Bertz CT molecular complexity index is 993. The molecule has 1 saturated heterocycles. The van der Waals surface area contributed by atoms with Crippen LogP contribution < -0.4 is 4.72 Å². The van der Waals surface area contributed by atoms with E-state index in [4.69, 9.17) is 16.3 Å². The predicted octanol–water partition coefficient (Wildman–Crippen LogP) is 2.91. The lowest BCUT2D eigenvalue weighted by Gasteiger charge is -2.35. The van der Waals surface area contributed by atoms with Gasteiger partial charge in [0.2, 0.25) is 10.0 Å². The van der Waals surface area contributed by atoms with E-state index in [9.17, 15) is 18.5 Å². The summed E-state index contributed by atoms with van der Waals surface area (Å²) in [7, 11) is -3.93. The van der Waals surface area contributed by atoms with Crippen molar-refractivity contribution in [3.05, 3.63) is 68.7 Å². The lowest BCUT2D eigenvalue weighted by atomic mass is 10.1. The molecule has 2 aromatic carbocycles. The molecule has 0 radical (unpaired) electrons. The third-order valence-electron chi connectivity index (χ3n) is 4.87. The summed E-state index contributed by atoms with van der Waals surface area (Å²) in [6, 6.07) is 10.9. The second-order valence-electron chi connectivity index (χ2n) is 6.78. The number of nitrogens with one attached hydrogen (secondary N) is 1. The van der Waals surface area contributed by atoms with Crippen molar-refractivity contribution in [3.8, 4) is 0 Å². The van der Waals surface area contributed by atoms with E-state index in [1.165, 1.54) is 12.1 Å². The maximum atomic E-state index is 12.8. The van der Waals surface area contributed by atoms with Crippen LogP contribution in [0.5, 0.6) is 0 Å². The second-order valence-corrected chi connectivity index (χ2v) is 8.98. The smallest absolute Gasteiger partial charge is 0.273 e. The Kier molecular flexibility index (Phi) is 6.86. The minimum atomic E-state index is -3.93. The number of aryl methyl sites for hydroxylation is 1. The normalized spacial score (nSPS) is 16.5. The van der Waals surface area contributed by atoms with Gasteiger partial charge in [0.05, 0.1) is 23.0 Å². The number of nitrogens with zero attached hydrogens (tertiary/aromatic N) is 2. The molecule has 2 aromatic rings. The van der Waals surface area contributed by atoms with Crippen LogP contribution in [0.25, 0.3) is 0 Å². The molecule has 1 N–H and O–H groups in total. The van der Waals surface area contributed by atoms with Crippen LogP contribution in [0.15, 0.2) is 47.4 Å². The van der Waals surface area contributed by atoms with Crippen molar-refractivity contribution in [2.75, 3.05) is 32.8 Å². The van der Waals surface area contributed by atoms with Gasteiger partial charge in [0.25, 0.3) is 5.69 Å². The Morgan fingerprint density at radius 2 is 1.97 bits per heavy atom. The molecule has 0 amide bonds. The molecule has 0 bridgehead atoms. The van der Waals surface area contributed by atoms with Crippen LogP contribution in [0.3, 0.4) is 0 Å². The van der Waals surface area contributed by atoms with Crippen molar-refractivity contribution in [2.45, 2.75) is 17.9 Å². The number of rotatable bonds is 7. The molecule has 3 rings (SSSR count). The van der Waals surface area contributed by atoms with E-state index in [-0.39, 0.29) is 23.2 Å². The van der Waals surface area contributed by atoms with Gasteiger partial charge >= 0.3 is 0 Å². The molecule has 1 unspecified atom stereocenters. The molecule has 29 heavy (non-hydrogen) atoms. The molecule has 1 aliphatic rings. The monoisotopic (exact) mass is 439 g/mol. The van der Waals surface area contributed by atoms with E-state index in [2.05, 4.69) is 9.62 Å². The molecule has 0 aromatic heterocycles. The molecular formula is C19H22ClN3O5S. The first-order valence-electron chi connectivity index (χ1n) is 9.10. The van der Waals surface area contributed by atoms with Crippen LogP contribution >= 0.6 is 11.6 Å². The fraction of sp³-hybridized carbons (Fsp3) is 0.368. The van der Waals surface area contributed by atoms with Gasteiger partial charge in [0.15, 0.2) is 0 Å². The number of halogens is 1. The summed E-state index contributed by atoms with van der Waals surface area (Å²) in [6.07, 6.45) is 0. The number of hydrogen-bond donors (Lipinski definition) is 1. The summed E-state index contributed by atoms with van der Waals surface area (Å²) < 4.78 is 33.6. The Balaban J connectivity index is 1.84. The van der Waals surface area contributed by atoms with Crippen LogP contribution in [-0.4, -0.2) is 51.1 Å². The average molecular weight is 440 g/mol. The summed E-state index contributed by atoms with van der Waals surface area (Å²) in [5.74, 6) is 0. The molecule has 10 heteroatoms. The van der Waals surface area contributed by atoms with Crippen molar-refractivity contribution in [1.82, 2.24) is 9.62 Å². The van der Waals surface area contributed by atoms with E-state index in [0.717, 1.165) is 11.6 Å². The summed E-state index contributed by atoms with van der Waals surface area (Å²) in [4.78, 5) is 12.6. The number of nitro groups is 1. The number of morpholine rings is 1. The molecule has 0 aliphatic carbocycles. The van der Waals surface area contributed by atoms with Crippen molar-refractivity contribution in [3.63, 3.8) is 0 Å². The first-order chi connectivity index (χ1) is 13.8. The lowest BCUT2D eigenvalue weighted by Crippen LogP contribution is -2.43. The third kappa shape index (κ3) is 5.31. The van der Waals surface area contributed by atoms with E-state index < -0.39 is 14.9 Å². The fourth-order valence-electron chi connectivity index (χ4n) is 3.29. The highest BCUT2D eigenvalue weighted by atomic mass is 35.5. The number of ether oxygens (including phenoxy) is 1. The molecular weight excluding hydrogens is 418 g/mol. The van der Waals surface area contributed by atoms with Crippen molar-refractivity contribution in [1.29, 1.82) is 0 Å². The summed E-state index contributed by atoms with van der Waals surface area (Å²) in [5.41, 5.74) is 1.06. The van der Waals surface area contributed by atoms with Gasteiger partial charge in [0, 0.05) is 42.3 Å². The number of benzene rings is 2. The van der Waals surface area contributed by atoms with E-state index in [1.54, 1.807) is 13.0 Å². The molecule has 8 nitrogen and oxygen atoms in total. The zero-order valence-corrected chi connectivity index (χ0v) is 17.4. The molecule has 0 spiro atoms. The first-order valence-corrected chi connectivity index (χ1v) is 11.0. The van der Waals surface area contributed by atoms with Crippen molar-refractivity contribution in [2.24, 2.45) is 0 Å². The standard InChI is InChI=1S/C19H22ClN3O5S/c1-14-5-6-17(12-18(14)23(24)25)29(26,27)21-13-19(22-7-9-28-10-8-22)15-3-2-4-16(20)11-15/h2-6,11-12,19,21H,7-10,13H2,1H3. The Labute approximate surface area is 174 Å². The van der Waals surface area contributed by atoms with Gasteiger partial charge in [-0.05, 0) is 30.7 Å². The summed E-state index contributed by atoms with van der Waals surface area (Å²) in [6.45, 7) is 4.12. The van der Waals surface area contributed by atoms with Crippen LogP contribution in [0, 0.1) is 17.0 Å². The molecule has 1 aliphatic heterocycles. The lowest BCUT2D eigenvalue weighted by molar-refractivity contribution is -0.385. The van der Waals surface area contributed by atoms with Crippen LogP contribution in [0.4, 0.5) is 5.69 Å². The minimum Gasteiger partial charge on any atom is -0.379 e.